The number of hydrogen-bond donors (Lipinski definition) is 2. The summed E-state index contributed by atoms with van der Waals surface area (Å²) in [4.78, 5) is 4.50. The van der Waals surface area contributed by atoms with Crippen LogP contribution >= 0.6 is 0 Å². The first-order chi connectivity index (χ1) is 20.4. The van der Waals surface area contributed by atoms with Gasteiger partial charge in [-0.15, -0.1) is 5.10 Å². The van der Waals surface area contributed by atoms with Crippen molar-refractivity contribution in [1.29, 1.82) is 10.5 Å². The molecule has 2 aromatic heterocycles. The van der Waals surface area contributed by atoms with E-state index in [2.05, 4.69) is 45.0 Å². The van der Waals surface area contributed by atoms with Crippen LogP contribution in [0.1, 0.15) is 66.2 Å². The molecular formula is C32H28BFN8. The molecule has 0 radical (unpaired) electrons. The number of anilines is 2. The van der Waals surface area contributed by atoms with E-state index in [-0.39, 0.29) is 11.9 Å². The lowest BCUT2D eigenvalue weighted by atomic mass is 9.69. The zero-order valence-corrected chi connectivity index (χ0v) is 23.3. The fourth-order valence-electron chi connectivity index (χ4n) is 5.36. The Morgan fingerprint density at radius 1 is 1.07 bits per heavy atom. The van der Waals surface area contributed by atoms with Crippen LogP contribution in [0.2, 0.25) is 0 Å². The molecule has 10 heteroatoms. The van der Waals surface area contributed by atoms with Crippen LogP contribution in [0, 0.1) is 28.5 Å². The van der Waals surface area contributed by atoms with Gasteiger partial charge in [0, 0.05) is 17.3 Å². The predicted molar refractivity (Wildman–Crippen MR) is 162 cm³/mol. The van der Waals surface area contributed by atoms with Gasteiger partial charge in [0.05, 0.1) is 46.0 Å². The van der Waals surface area contributed by atoms with Crippen molar-refractivity contribution >= 4 is 30.1 Å². The van der Waals surface area contributed by atoms with Gasteiger partial charge in [-0.3, -0.25) is 4.98 Å². The van der Waals surface area contributed by atoms with Gasteiger partial charge in [-0.2, -0.15) is 10.5 Å². The number of pyridine rings is 1. The first kappa shape index (κ1) is 27.0. The van der Waals surface area contributed by atoms with Crippen LogP contribution in [-0.4, -0.2) is 27.8 Å². The Kier molecular flexibility index (Phi) is 7.06. The largest absolute Gasteiger partial charge is 0.378 e. The van der Waals surface area contributed by atoms with Crippen molar-refractivity contribution in [1.82, 2.24) is 20.0 Å². The molecule has 1 saturated carbocycles. The van der Waals surface area contributed by atoms with Gasteiger partial charge in [-0.1, -0.05) is 54.6 Å². The van der Waals surface area contributed by atoms with E-state index in [0.717, 1.165) is 30.4 Å². The Balaban J connectivity index is 1.49. The average Bonchev–Trinajstić information content (AvgIpc) is 3.75. The summed E-state index contributed by atoms with van der Waals surface area (Å²) in [6.07, 6.45) is 6.33. The van der Waals surface area contributed by atoms with Crippen LogP contribution in [0.15, 0.2) is 79.1 Å². The van der Waals surface area contributed by atoms with Crippen molar-refractivity contribution in [3.05, 3.63) is 113 Å². The summed E-state index contributed by atoms with van der Waals surface area (Å²) in [5.41, 5.74) is 4.10. The maximum Gasteiger partial charge on any atom is 0.148 e. The van der Waals surface area contributed by atoms with Gasteiger partial charge in [-0.25, -0.2) is 9.07 Å². The van der Waals surface area contributed by atoms with Crippen molar-refractivity contribution in [2.45, 2.75) is 43.7 Å². The summed E-state index contributed by atoms with van der Waals surface area (Å²) < 4.78 is 15.8. The Labute approximate surface area is 244 Å². The molecule has 1 fully saturated rings. The third kappa shape index (κ3) is 5.04. The number of fused-ring (bicyclic) bond motifs is 1. The van der Waals surface area contributed by atoms with Crippen LogP contribution in [0.3, 0.4) is 0 Å². The maximum absolute atomic E-state index is 13.9. The van der Waals surface area contributed by atoms with Crippen molar-refractivity contribution < 1.29 is 4.39 Å². The lowest BCUT2D eigenvalue weighted by molar-refractivity contribution is 0.610. The van der Waals surface area contributed by atoms with Crippen molar-refractivity contribution in [3.8, 4) is 12.1 Å². The minimum atomic E-state index is -0.912. The molecule has 2 N–H and O–H groups in total. The molecule has 42 heavy (non-hydrogen) atoms. The number of halogens is 1. The topological polar surface area (TPSA) is 115 Å². The highest BCUT2D eigenvalue weighted by Gasteiger charge is 2.34. The third-order valence-corrected chi connectivity index (χ3v) is 7.90. The number of hydrogen-bond acceptors (Lipinski definition) is 7. The first-order valence-electron chi connectivity index (χ1n) is 14.0. The molecule has 0 spiro atoms. The fraction of sp³-hybridized carbons (Fsp3) is 0.219. The summed E-state index contributed by atoms with van der Waals surface area (Å²) in [6.45, 7) is 2.08. The molecule has 2 atom stereocenters. The summed E-state index contributed by atoms with van der Waals surface area (Å²) in [7, 11) is 1.96. The van der Waals surface area contributed by atoms with Gasteiger partial charge < -0.3 is 10.6 Å². The van der Waals surface area contributed by atoms with Crippen LogP contribution in [0.5, 0.6) is 0 Å². The highest BCUT2D eigenvalue weighted by Crippen LogP contribution is 2.38. The normalized spacial score (nSPS) is 14.9. The minimum Gasteiger partial charge on any atom is -0.378 e. The van der Waals surface area contributed by atoms with E-state index < -0.39 is 5.44 Å². The second-order valence-electron chi connectivity index (χ2n) is 10.8. The molecule has 8 nitrogen and oxygen atoms in total. The van der Waals surface area contributed by atoms with Gasteiger partial charge in [0.15, 0.2) is 0 Å². The van der Waals surface area contributed by atoms with Crippen molar-refractivity contribution in [3.63, 3.8) is 0 Å². The molecule has 5 aromatic rings. The van der Waals surface area contributed by atoms with Gasteiger partial charge in [-0.05, 0) is 54.7 Å². The molecule has 6 rings (SSSR count). The second kappa shape index (κ2) is 11.0. The monoisotopic (exact) mass is 554 g/mol. The number of benzene rings is 3. The smallest absolute Gasteiger partial charge is 0.148 e. The quantitative estimate of drug-likeness (QED) is 0.230. The van der Waals surface area contributed by atoms with E-state index in [1.807, 2.05) is 55.1 Å². The maximum atomic E-state index is 13.9. The molecule has 1 aliphatic rings. The fourth-order valence-corrected chi connectivity index (χ4v) is 5.36. The Morgan fingerprint density at radius 2 is 1.81 bits per heavy atom. The van der Waals surface area contributed by atoms with E-state index >= 15 is 0 Å². The van der Waals surface area contributed by atoms with Crippen LogP contribution in [0.25, 0.3) is 10.9 Å². The summed E-state index contributed by atoms with van der Waals surface area (Å²) in [5.74, 6) is -0.338. The van der Waals surface area contributed by atoms with Gasteiger partial charge >= 0.3 is 0 Å². The summed E-state index contributed by atoms with van der Waals surface area (Å²) in [6, 6.07) is 24.8. The minimum absolute atomic E-state index is 0.0620. The molecule has 2 heterocycles. The number of nitrogens with zero attached hydrogens (tertiary/aromatic N) is 6. The third-order valence-electron chi connectivity index (χ3n) is 7.90. The lowest BCUT2D eigenvalue weighted by Crippen LogP contribution is -2.38. The number of nitrogens with one attached hydrogen (secondary N) is 2. The van der Waals surface area contributed by atoms with E-state index in [1.165, 1.54) is 18.3 Å². The van der Waals surface area contributed by atoms with Crippen molar-refractivity contribution in [2.75, 3.05) is 10.6 Å². The Hall–Kier alpha value is -5.22. The zero-order chi connectivity index (χ0) is 29.3. The summed E-state index contributed by atoms with van der Waals surface area (Å²) >= 11 is 0. The number of nitriles is 2. The molecule has 206 valence electrons. The highest BCUT2D eigenvalue weighted by molar-refractivity contribution is 6.19. The van der Waals surface area contributed by atoms with Crippen LogP contribution in [0.4, 0.5) is 15.8 Å². The van der Waals surface area contributed by atoms with E-state index in [4.69, 9.17) is 0 Å². The molecular weight excluding hydrogens is 526 g/mol. The molecule has 1 aliphatic carbocycles. The van der Waals surface area contributed by atoms with E-state index in [1.54, 1.807) is 18.2 Å². The Bertz CT molecular complexity index is 1840. The molecule has 0 bridgehead atoms. The SMILES string of the molecule is BC(Nc1cc(C#N)c2ncc(C#N)c(N[C@H](CC)c3ccccc3)c2c1)(c1ccc(F)cc1)c1cn(C2CC2)nn1. The van der Waals surface area contributed by atoms with E-state index in [9.17, 15) is 14.9 Å². The second-order valence-corrected chi connectivity index (χ2v) is 10.8. The lowest BCUT2D eigenvalue weighted by Gasteiger charge is -2.31. The molecule has 0 amide bonds. The molecule has 3 aromatic carbocycles. The van der Waals surface area contributed by atoms with Crippen LogP contribution < -0.4 is 10.6 Å². The predicted octanol–water partition coefficient (Wildman–Crippen LogP) is 5.55. The highest BCUT2D eigenvalue weighted by atomic mass is 19.1. The van der Waals surface area contributed by atoms with Crippen molar-refractivity contribution in [2.24, 2.45) is 0 Å². The standard InChI is InChI=1S/C32H28BFN8/c1-2-28(20-6-4-3-5-7-20)38-31-22(17-36)18-37-30-21(16-35)14-25(15-27(30)31)39-32(33,23-8-10-24(34)11-9-23)29-19-42(41-40-29)26-12-13-26/h3-11,14-15,18-19,26,28,39H,2,12-13,33H2,1H3,(H,37,38)/t28-,32?/m1/s1. The van der Waals surface area contributed by atoms with Crippen LogP contribution in [-0.2, 0) is 5.44 Å². The summed E-state index contributed by atoms with van der Waals surface area (Å²) in [5, 5.41) is 36.8. The molecule has 0 aliphatic heterocycles. The van der Waals surface area contributed by atoms with Gasteiger partial charge in [0.25, 0.3) is 0 Å². The van der Waals surface area contributed by atoms with E-state index in [0.29, 0.717) is 45.1 Å². The average molecular weight is 554 g/mol. The Morgan fingerprint density at radius 3 is 2.48 bits per heavy atom. The molecule has 0 saturated heterocycles. The molecule has 1 unspecified atom stereocenters. The zero-order valence-electron chi connectivity index (χ0n) is 23.3. The number of aromatic nitrogens is 4. The van der Waals surface area contributed by atoms with Gasteiger partial charge in [0.1, 0.15) is 31.5 Å². The first-order valence-corrected chi connectivity index (χ1v) is 14.0. The van der Waals surface area contributed by atoms with Gasteiger partial charge in [0.2, 0.25) is 0 Å². The number of rotatable bonds is 9.